The minimum absolute atomic E-state index is 0.258. The molecule has 0 fully saturated rings. The molecule has 0 spiro atoms. The highest BCUT2D eigenvalue weighted by molar-refractivity contribution is 5.87. The Balaban J connectivity index is 2.76. The molecule has 0 bridgehead atoms. The molecular formula is C18H24O4. The van der Waals surface area contributed by atoms with Gasteiger partial charge in [0.1, 0.15) is 16.9 Å². The summed E-state index contributed by atoms with van der Waals surface area (Å²) in [7, 11) is 4.67. The Bertz CT molecular complexity index is 616. The van der Waals surface area contributed by atoms with E-state index in [1.807, 2.05) is 39.0 Å². The third kappa shape index (κ3) is 2.18. The molecule has 0 unspecified atom stereocenters. The van der Waals surface area contributed by atoms with Crippen molar-refractivity contribution in [2.45, 2.75) is 32.6 Å². The van der Waals surface area contributed by atoms with Gasteiger partial charge in [0, 0.05) is 11.0 Å². The van der Waals surface area contributed by atoms with Gasteiger partial charge in [-0.1, -0.05) is 26.0 Å². The first-order chi connectivity index (χ1) is 10.3. The topological polar surface area (TPSA) is 44.8 Å². The Hall–Kier alpha value is -1.97. The van der Waals surface area contributed by atoms with E-state index in [1.165, 1.54) is 7.11 Å². The maximum Gasteiger partial charge on any atom is 0.317 e. The number of ether oxygens (including phenoxy) is 3. The molecule has 0 amide bonds. The van der Waals surface area contributed by atoms with Crippen LogP contribution in [0, 0.1) is 12.3 Å². The molecule has 1 aliphatic carbocycles. The van der Waals surface area contributed by atoms with Gasteiger partial charge in [-0.3, -0.25) is 4.79 Å². The lowest BCUT2D eigenvalue weighted by molar-refractivity contribution is -0.151. The predicted molar refractivity (Wildman–Crippen MR) is 85.5 cm³/mol. The molecule has 1 aliphatic rings. The third-order valence-electron chi connectivity index (χ3n) is 4.77. The number of allylic oxidation sites excluding steroid dienone is 2. The van der Waals surface area contributed by atoms with Crippen LogP contribution in [-0.4, -0.2) is 27.3 Å². The Morgan fingerprint density at radius 2 is 1.73 bits per heavy atom. The van der Waals surface area contributed by atoms with E-state index in [9.17, 15) is 4.79 Å². The van der Waals surface area contributed by atoms with Crippen molar-refractivity contribution in [3.63, 3.8) is 0 Å². The zero-order valence-electron chi connectivity index (χ0n) is 14.1. The van der Waals surface area contributed by atoms with E-state index in [0.29, 0.717) is 12.2 Å². The van der Waals surface area contributed by atoms with Gasteiger partial charge in [0.2, 0.25) is 0 Å². The molecule has 0 aliphatic heterocycles. The molecule has 0 saturated carbocycles. The van der Waals surface area contributed by atoms with Crippen molar-refractivity contribution in [2.75, 3.05) is 21.3 Å². The molecule has 4 heteroatoms. The molecule has 22 heavy (non-hydrogen) atoms. The van der Waals surface area contributed by atoms with Crippen LogP contribution in [0.2, 0.25) is 0 Å². The molecule has 120 valence electrons. The molecule has 0 N–H and O–H groups in total. The maximum atomic E-state index is 12.7. The second-order valence-corrected chi connectivity index (χ2v) is 6.25. The summed E-state index contributed by atoms with van der Waals surface area (Å²) in [5, 5.41) is 0. The first kappa shape index (κ1) is 16.4. The highest BCUT2D eigenvalue weighted by Gasteiger charge is 2.55. The first-order valence-corrected chi connectivity index (χ1v) is 7.33. The summed E-state index contributed by atoms with van der Waals surface area (Å²) in [6, 6.07) is 3.81. The third-order valence-corrected chi connectivity index (χ3v) is 4.77. The van der Waals surface area contributed by atoms with Crippen molar-refractivity contribution in [1.82, 2.24) is 0 Å². The van der Waals surface area contributed by atoms with Gasteiger partial charge in [0.05, 0.1) is 21.3 Å². The van der Waals surface area contributed by atoms with Gasteiger partial charge in [-0.15, -0.1) is 0 Å². The van der Waals surface area contributed by atoms with E-state index in [0.717, 1.165) is 16.9 Å². The van der Waals surface area contributed by atoms with Gasteiger partial charge in [-0.25, -0.2) is 0 Å². The largest absolute Gasteiger partial charge is 0.496 e. The Labute approximate surface area is 132 Å². The number of hydrogen-bond donors (Lipinski definition) is 0. The summed E-state index contributed by atoms with van der Waals surface area (Å²) in [5.41, 5.74) is 0.577. The number of benzene rings is 1. The van der Waals surface area contributed by atoms with Crippen LogP contribution in [0.4, 0.5) is 0 Å². The molecule has 1 aromatic carbocycles. The molecule has 0 saturated heterocycles. The predicted octanol–water partition coefficient (Wildman–Crippen LogP) is 3.41. The lowest BCUT2D eigenvalue weighted by atomic mass is 9.63. The van der Waals surface area contributed by atoms with Crippen LogP contribution in [-0.2, 0) is 14.9 Å². The van der Waals surface area contributed by atoms with E-state index < -0.39 is 5.41 Å². The number of carbonyl (C=O) groups excluding carboxylic acids is 1. The highest BCUT2D eigenvalue weighted by atomic mass is 16.5. The monoisotopic (exact) mass is 304 g/mol. The minimum Gasteiger partial charge on any atom is -0.496 e. The number of carbonyl (C=O) groups is 1. The summed E-state index contributed by atoms with van der Waals surface area (Å²) in [5.74, 6) is 1.16. The zero-order valence-corrected chi connectivity index (χ0v) is 14.1. The van der Waals surface area contributed by atoms with Crippen molar-refractivity contribution in [2.24, 2.45) is 5.41 Å². The van der Waals surface area contributed by atoms with Gasteiger partial charge in [0.15, 0.2) is 0 Å². The summed E-state index contributed by atoms with van der Waals surface area (Å²) in [4.78, 5) is 12.7. The molecule has 1 atom stereocenters. The average Bonchev–Trinajstić information content (AvgIpc) is 2.81. The van der Waals surface area contributed by atoms with Crippen LogP contribution in [0.5, 0.6) is 11.5 Å². The Kier molecular flexibility index (Phi) is 4.23. The van der Waals surface area contributed by atoms with E-state index in [4.69, 9.17) is 14.2 Å². The fourth-order valence-electron chi connectivity index (χ4n) is 3.41. The van der Waals surface area contributed by atoms with Crippen molar-refractivity contribution in [3.8, 4) is 11.5 Å². The van der Waals surface area contributed by atoms with Crippen molar-refractivity contribution in [1.29, 1.82) is 0 Å². The summed E-state index contributed by atoms with van der Waals surface area (Å²) < 4.78 is 16.2. The molecule has 0 heterocycles. The summed E-state index contributed by atoms with van der Waals surface area (Å²) in [6.07, 6.45) is 4.67. The number of rotatable bonds is 4. The molecule has 0 aromatic heterocycles. The summed E-state index contributed by atoms with van der Waals surface area (Å²) >= 11 is 0. The SMILES string of the molecule is COC(=O)[C@@]1(c2cc(OC)c(C)cc2OC)CC=CC1(C)C. The van der Waals surface area contributed by atoms with Gasteiger partial charge in [0.25, 0.3) is 0 Å². The summed E-state index contributed by atoms with van der Waals surface area (Å²) in [6.45, 7) is 6.03. The minimum atomic E-state index is -0.811. The van der Waals surface area contributed by atoms with E-state index in [-0.39, 0.29) is 11.4 Å². The quantitative estimate of drug-likeness (QED) is 0.631. The Morgan fingerprint density at radius 3 is 2.18 bits per heavy atom. The van der Waals surface area contributed by atoms with E-state index in [2.05, 4.69) is 6.08 Å². The van der Waals surface area contributed by atoms with Crippen LogP contribution >= 0.6 is 0 Å². The smallest absolute Gasteiger partial charge is 0.317 e. The normalized spacial score (nSPS) is 22.5. The maximum absolute atomic E-state index is 12.7. The van der Waals surface area contributed by atoms with Crippen molar-refractivity contribution in [3.05, 3.63) is 35.4 Å². The van der Waals surface area contributed by atoms with Crippen LogP contribution in [0.1, 0.15) is 31.4 Å². The first-order valence-electron chi connectivity index (χ1n) is 7.33. The second-order valence-electron chi connectivity index (χ2n) is 6.25. The lowest BCUT2D eigenvalue weighted by Crippen LogP contribution is -2.46. The second kappa shape index (κ2) is 5.67. The van der Waals surface area contributed by atoms with Crippen molar-refractivity contribution < 1.29 is 19.0 Å². The highest BCUT2D eigenvalue weighted by Crippen LogP contribution is 2.54. The van der Waals surface area contributed by atoms with Crippen LogP contribution in [0.3, 0.4) is 0 Å². The molecule has 2 rings (SSSR count). The lowest BCUT2D eigenvalue weighted by Gasteiger charge is -2.40. The fraction of sp³-hybridized carbons (Fsp3) is 0.500. The van der Waals surface area contributed by atoms with Gasteiger partial charge < -0.3 is 14.2 Å². The van der Waals surface area contributed by atoms with Crippen LogP contribution in [0.25, 0.3) is 0 Å². The average molecular weight is 304 g/mol. The van der Waals surface area contributed by atoms with Crippen molar-refractivity contribution >= 4 is 5.97 Å². The van der Waals surface area contributed by atoms with E-state index in [1.54, 1.807) is 14.2 Å². The Morgan fingerprint density at radius 1 is 1.09 bits per heavy atom. The van der Waals surface area contributed by atoms with Crippen LogP contribution < -0.4 is 9.47 Å². The van der Waals surface area contributed by atoms with E-state index >= 15 is 0 Å². The zero-order chi connectivity index (χ0) is 16.5. The molecule has 4 nitrogen and oxygen atoms in total. The number of hydrogen-bond acceptors (Lipinski definition) is 4. The molecule has 0 radical (unpaired) electrons. The van der Waals surface area contributed by atoms with Gasteiger partial charge in [-0.05, 0) is 31.0 Å². The standard InChI is InChI=1S/C18H24O4/c1-12-10-15(21-5)13(11-14(12)20-4)18(16(19)22-6)9-7-8-17(18,2)3/h7-8,10-11H,9H2,1-6H3/t18-/m0/s1. The van der Waals surface area contributed by atoms with Crippen LogP contribution in [0.15, 0.2) is 24.3 Å². The fourth-order valence-corrected chi connectivity index (χ4v) is 3.41. The van der Waals surface area contributed by atoms with Gasteiger partial charge in [-0.2, -0.15) is 0 Å². The van der Waals surface area contributed by atoms with Gasteiger partial charge >= 0.3 is 5.97 Å². The number of methoxy groups -OCH3 is 3. The number of esters is 1. The molecular weight excluding hydrogens is 280 g/mol. The number of aryl methyl sites for hydroxylation is 1. The molecule has 1 aromatic rings.